The van der Waals surface area contributed by atoms with Gasteiger partial charge in [-0.15, -0.1) is 0 Å². The van der Waals surface area contributed by atoms with Crippen LogP contribution in [0.25, 0.3) is 32.8 Å². The Balaban J connectivity index is 1.24. The highest BCUT2D eigenvalue weighted by atomic mass is 28.4. The minimum Gasteiger partial charge on any atom is -0.508 e. The van der Waals surface area contributed by atoms with Crippen molar-refractivity contribution in [3.05, 3.63) is 53.3 Å². The van der Waals surface area contributed by atoms with Crippen molar-refractivity contribution in [2.75, 3.05) is 37.7 Å². The van der Waals surface area contributed by atoms with E-state index in [9.17, 15) is 5.11 Å². The Kier molecular flexibility index (Phi) is 10.2. The van der Waals surface area contributed by atoms with Crippen LogP contribution in [0.5, 0.6) is 11.8 Å². The number of piperidine rings is 1. The van der Waals surface area contributed by atoms with E-state index in [2.05, 4.69) is 57.5 Å². The van der Waals surface area contributed by atoms with Gasteiger partial charge < -0.3 is 19.2 Å². The second kappa shape index (κ2) is 14.4. The third-order valence-corrected chi connectivity index (χ3v) is 18.9. The number of aromatic nitrogens is 2. The lowest BCUT2D eigenvalue weighted by Crippen LogP contribution is -2.46. The first-order chi connectivity index (χ1) is 26.5. The Bertz CT molecular complexity index is 2140. The number of ether oxygens (including phenoxy) is 1. The summed E-state index contributed by atoms with van der Waals surface area (Å²) in [5, 5.41) is 12.0. The fourth-order valence-corrected chi connectivity index (χ4v) is 11.8. The Morgan fingerprint density at radius 2 is 1.62 bits per heavy atom. The highest BCUT2D eigenvalue weighted by Crippen LogP contribution is 2.49. The molecule has 3 saturated heterocycles. The summed E-state index contributed by atoms with van der Waals surface area (Å²) in [5.74, 6) is -0.0878. The predicted octanol–water partition coefficient (Wildman–Crippen LogP) is 10.7. The maximum atomic E-state index is 17.4. The van der Waals surface area contributed by atoms with Crippen LogP contribution in [0.1, 0.15) is 85.6 Å². The van der Waals surface area contributed by atoms with Crippen LogP contribution in [0.3, 0.4) is 0 Å². The van der Waals surface area contributed by atoms with Crippen molar-refractivity contribution in [1.29, 1.82) is 0 Å². The number of aromatic hydroxyl groups is 1. The number of phenols is 1. The van der Waals surface area contributed by atoms with Gasteiger partial charge in [-0.05, 0) is 114 Å². The van der Waals surface area contributed by atoms with E-state index in [1.54, 1.807) is 6.92 Å². The van der Waals surface area contributed by atoms with Crippen molar-refractivity contribution in [1.82, 2.24) is 14.9 Å². The molecule has 1 N–H and O–H groups in total. The molecular weight excluding hydrogens is 730 g/mol. The average molecular weight is 789 g/mol. The Labute approximate surface area is 331 Å². The summed E-state index contributed by atoms with van der Waals surface area (Å²) in [6.45, 7) is 21.5. The lowest BCUT2D eigenvalue weighted by atomic mass is 9.86. The molecular formula is C45H59F3N4O3Si. The van der Waals surface area contributed by atoms with Gasteiger partial charge >= 0.3 is 6.01 Å². The van der Waals surface area contributed by atoms with Gasteiger partial charge in [0.15, 0.2) is 14.1 Å². The number of fused-ring (bicyclic) bond motifs is 5. The van der Waals surface area contributed by atoms with Gasteiger partial charge in [0, 0.05) is 43.6 Å². The number of hydrogen-bond donors (Lipinski definition) is 1. The third-order valence-electron chi connectivity index (χ3n) is 14.4. The fourth-order valence-electron chi connectivity index (χ4n) is 10.4. The number of aryl methyl sites for hydroxylation is 1. The van der Waals surface area contributed by atoms with E-state index in [1.165, 1.54) is 30.3 Å². The fraction of sp³-hybridized carbons (Fsp3) is 0.600. The molecule has 2 unspecified atom stereocenters. The Hall–Kier alpha value is -3.41. The summed E-state index contributed by atoms with van der Waals surface area (Å²) in [7, 11) is -2.03. The molecule has 7 nitrogen and oxygen atoms in total. The van der Waals surface area contributed by atoms with Gasteiger partial charge in [-0.1, -0.05) is 60.5 Å². The standard InChI is InChI=1S/C45H59F3N4O3Si/c1-9-26-19-45(20-27(10-2)23-52(45)22-26)25-54-43-49-41-34(42(50-43)51-21-28-14-30(24-51)37(15-28)55-56(7,8)44(4,5)6)18-36(47)39(40(41)48)33-17-31(53)16-29-12-13-35(46)32(11-3)38(29)33/h12-13,16-18,26-28,30,37,53H,9-11,14-15,19-25H2,1-8H3/t26?,27?,28-,30-,37-,45?/m1/s1. The first-order valence-corrected chi connectivity index (χ1v) is 23.9. The molecule has 1 aromatic heterocycles. The van der Waals surface area contributed by atoms with Crippen molar-refractivity contribution < 1.29 is 27.4 Å². The Morgan fingerprint density at radius 3 is 2.29 bits per heavy atom. The first kappa shape index (κ1) is 39.4. The van der Waals surface area contributed by atoms with E-state index in [0.29, 0.717) is 66.0 Å². The normalized spacial score (nSPS) is 26.8. The smallest absolute Gasteiger partial charge is 0.319 e. The summed E-state index contributed by atoms with van der Waals surface area (Å²) >= 11 is 0. The van der Waals surface area contributed by atoms with E-state index >= 15 is 13.2 Å². The minimum absolute atomic E-state index is 0.0515. The zero-order valence-corrected chi connectivity index (χ0v) is 35.4. The maximum absolute atomic E-state index is 17.4. The second-order valence-electron chi connectivity index (χ2n) is 19.0. The van der Waals surface area contributed by atoms with E-state index in [1.807, 2.05) is 0 Å². The van der Waals surface area contributed by atoms with Gasteiger partial charge in [-0.25, -0.2) is 13.2 Å². The number of halogens is 3. The van der Waals surface area contributed by atoms with Crippen molar-refractivity contribution in [3.8, 4) is 22.9 Å². The highest BCUT2D eigenvalue weighted by molar-refractivity contribution is 6.74. The van der Waals surface area contributed by atoms with Crippen molar-refractivity contribution >= 4 is 35.8 Å². The third kappa shape index (κ3) is 6.77. The van der Waals surface area contributed by atoms with Crippen LogP contribution in [0.4, 0.5) is 19.0 Å². The number of rotatable bonds is 10. The Morgan fingerprint density at radius 1 is 0.911 bits per heavy atom. The van der Waals surface area contributed by atoms with E-state index in [-0.39, 0.29) is 56.4 Å². The molecule has 4 heterocycles. The summed E-state index contributed by atoms with van der Waals surface area (Å²) in [5.41, 5.74) is -0.130. The molecule has 4 fully saturated rings. The molecule has 0 spiro atoms. The number of phenolic OH excluding ortho intramolecular Hbond substituents is 1. The monoisotopic (exact) mass is 788 g/mol. The lowest BCUT2D eigenvalue weighted by Gasteiger charge is -2.40. The molecule has 3 aromatic carbocycles. The molecule has 1 aliphatic carbocycles. The highest BCUT2D eigenvalue weighted by Gasteiger charge is 2.52. The van der Waals surface area contributed by atoms with Crippen LogP contribution in [0.15, 0.2) is 30.3 Å². The molecule has 0 amide bonds. The van der Waals surface area contributed by atoms with Crippen LogP contribution in [0, 0.1) is 41.1 Å². The zero-order valence-electron chi connectivity index (χ0n) is 34.4. The quantitative estimate of drug-likeness (QED) is 0.161. The van der Waals surface area contributed by atoms with Crippen molar-refractivity contribution in [2.24, 2.45) is 23.7 Å². The van der Waals surface area contributed by atoms with Crippen LogP contribution in [-0.4, -0.2) is 72.7 Å². The molecule has 3 aliphatic heterocycles. The van der Waals surface area contributed by atoms with E-state index < -0.39 is 25.8 Å². The van der Waals surface area contributed by atoms with Crippen LogP contribution >= 0.6 is 0 Å². The average Bonchev–Trinajstić information content (AvgIpc) is 3.76. The van der Waals surface area contributed by atoms with Gasteiger partial charge in [-0.2, -0.15) is 9.97 Å². The molecule has 302 valence electrons. The number of benzene rings is 3. The van der Waals surface area contributed by atoms with Gasteiger partial charge in [0.05, 0.1) is 11.1 Å². The zero-order chi connectivity index (χ0) is 39.9. The van der Waals surface area contributed by atoms with Crippen molar-refractivity contribution in [3.63, 3.8) is 0 Å². The predicted molar refractivity (Wildman–Crippen MR) is 220 cm³/mol. The molecule has 5 atom stereocenters. The van der Waals surface area contributed by atoms with E-state index in [4.69, 9.17) is 19.1 Å². The van der Waals surface area contributed by atoms with Gasteiger partial charge in [0.1, 0.15) is 35.3 Å². The molecule has 11 heteroatoms. The van der Waals surface area contributed by atoms with Gasteiger partial charge in [0.25, 0.3) is 0 Å². The molecule has 1 saturated carbocycles. The van der Waals surface area contributed by atoms with E-state index in [0.717, 1.165) is 51.6 Å². The van der Waals surface area contributed by atoms with Crippen molar-refractivity contribution in [2.45, 2.75) is 116 Å². The first-order valence-electron chi connectivity index (χ1n) is 21.0. The molecule has 4 aromatic rings. The maximum Gasteiger partial charge on any atom is 0.319 e. The largest absolute Gasteiger partial charge is 0.508 e. The number of hydrogen-bond acceptors (Lipinski definition) is 7. The molecule has 4 aliphatic rings. The lowest BCUT2D eigenvalue weighted by molar-refractivity contribution is 0.107. The van der Waals surface area contributed by atoms with Gasteiger partial charge in [-0.3, -0.25) is 4.90 Å². The number of nitrogens with zero attached hydrogens (tertiary/aromatic N) is 4. The van der Waals surface area contributed by atoms with Gasteiger partial charge in [0.2, 0.25) is 0 Å². The van der Waals surface area contributed by atoms with Crippen LogP contribution in [0.2, 0.25) is 18.1 Å². The molecule has 2 bridgehead atoms. The van der Waals surface area contributed by atoms with Crippen LogP contribution in [-0.2, 0) is 10.8 Å². The number of anilines is 1. The molecule has 8 rings (SSSR count). The summed E-state index contributed by atoms with van der Waals surface area (Å²) < 4.78 is 63.0. The molecule has 56 heavy (non-hydrogen) atoms. The summed E-state index contributed by atoms with van der Waals surface area (Å²) in [6, 6.07) is 7.07. The molecule has 0 radical (unpaired) electrons. The summed E-state index contributed by atoms with van der Waals surface area (Å²) in [6.07, 6.45) is 6.71. The van der Waals surface area contributed by atoms with Crippen LogP contribution < -0.4 is 9.64 Å². The second-order valence-corrected chi connectivity index (χ2v) is 23.8. The SMILES string of the molecule is CCc1c(F)ccc2cc(O)cc(-c3c(F)cc4c(N5C[C@@H]6C[C@H](C5)[C@H](O[Si](C)(C)C(C)(C)C)C6)nc(OCC56CC(CC)CN5CC(CC)C6)nc4c3F)c12. The topological polar surface area (TPSA) is 71.0 Å². The minimum atomic E-state index is -2.03. The summed E-state index contributed by atoms with van der Waals surface area (Å²) in [4.78, 5) is 14.5.